The minimum absolute atomic E-state index is 0.128. The number of amides is 1. The van der Waals surface area contributed by atoms with Gasteiger partial charge in [-0.05, 0) is 41.5 Å². The molecule has 7 rings (SSSR count). The maximum Gasteiger partial charge on any atom is 0.228 e. The summed E-state index contributed by atoms with van der Waals surface area (Å²) < 4.78 is 13.9. The fraction of sp³-hybridized carbons (Fsp3) is 0.0323. The van der Waals surface area contributed by atoms with Crippen molar-refractivity contribution in [3.05, 3.63) is 109 Å². The van der Waals surface area contributed by atoms with Crippen LogP contribution in [0.2, 0.25) is 0 Å². The monoisotopic (exact) mass is 540 g/mol. The highest BCUT2D eigenvalue weighted by Gasteiger charge is 2.17. The van der Waals surface area contributed by atoms with Crippen molar-refractivity contribution in [2.75, 3.05) is 5.32 Å². The van der Waals surface area contributed by atoms with E-state index in [2.05, 4.69) is 35.5 Å². The van der Waals surface area contributed by atoms with Crippen LogP contribution in [0.3, 0.4) is 0 Å². The molecule has 0 aliphatic heterocycles. The Morgan fingerprint density at radius 1 is 0.854 bits per heavy atom. The van der Waals surface area contributed by atoms with E-state index >= 15 is 0 Å². The molecule has 7 aromatic rings. The van der Waals surface area contributed by atoms with Crippen LogP contribution in [0.15, 0.2) is 97.6 Å². The Balaban J connectivity index is 1.21. The Morgan fingerprint density at radius 3 is 2.61 bits per heavy atom. The Kier molecular flexibility index (Phi) is 5.97. The van der Waals surface area contributed by atoms with Gasteiger partial charge in [0.1, 0.15) is 17.0 Å². The van der Waals surface area contributed by atoms with E-state index in [-0.39, 0.29) is 18.1 Å². The van der Waals surface area contributed by atoms with Gasteiger partial charge in [-0.2, -0.15) is 5.10 Å². The number of carbonyl (C=O) groups is 1. The SMILES string of the molecule is O=C(Cc1ccccc1)Nc1cncc(-c2cnc3[nH]nc(-c4nc5c(-c6cccc(F)c6)ccnc5[nH]4)c3c2)c1. The zero-order valence-corrected chi connectivity index (χ0v) is 21.5. The Bertz CT molecular complexity index is 2050. The highest BCUT2D eigenvalue weighted by Crippen LogP contribution is 2.32. The van der Waals surface area contributed by atoms with Crippen molar-refractivity contribution in [1.29, 1.82) is 0 Å². The first-order valence-corrected chi connectivity index (χ1v) is 12.8. The van der Waals surface area contributed by atoms with Crippen molar-refractivity contribution in [2.24, 2.45) is 0 Å². The van der Waals surface area contributed by atoms with Crippen LogP contribution < -0.4 is 5.32 Å². The van der Waals surface area contributed by atoms with Crippen LogP contribution in [0.5, 0.6) is 0 Å². The van der Waals surface area contributed by atoms with Crippen LogP contribution in [-0.2, 0) is 11.2 Å². The number of hydrogen-bond acceptors (Lipinski definition) is 6. The Labute approximate surface area is 232 Å². The number of hydrogen-bond donors (Lipinski definition) is 3. The minimum atomic E-state index is -0.325. The zero-order chi connectivity index (χ0) is 27.8. The number of imidazole rings is 1. The fourth-order valence-electron chi connectivity index (χ4n) is 4.81. The van der Waals surface area contributed by atoms with Gasteiger partial charge in [-0.3, -0.25) is 14.9 Å². The molecule has 0 bridgehead atoms. The number of aromatic nitrogens is 7. The number of carbonyl (C=O) groups excluding carboxylic acids is 1. The molecule has 198 valence electrons. The molecule has 0 aliphatic rings. The van der Waals surface area contributed by atoms with Crippen LogP contribution in [-0.4, -0.2) is 41.0 Å². The van der Waals surface area contributed by atoms with Crippen molar-refractivity contribution >= 4 is 33.8 Å². The molecule has 0 aliphatic carbocycles. The zero-order valence-electron chi connectivity index (χ0n) is 21.5. The number of anilines is 1. The number of aromatic amines is 2. The summed E-state index contributed by atoms with van der Waals surface area (Å²) in [5.41, 5.74) is 6.87. The third kappa shape index (κ3) is 4.78. The Hall–Kier alpha value is -5.77. The first-order chi connectivity index (χ1) is 20.1. The normalized spacial score (nSPS) is 11.2. The standard InChI is InChI=1S/C31H21FN8O/c32-22-8-4-7-19(12-22)24-9-10-34-30-27(24)37-31(38-30)28-25-14-21(16-35-29(25)40-39-28)20-13-23(17-33-15-20)36-26(41)11-18-5-2-1-3-6-18/h1-10,12-17H,11H2,(H,36,41)(H,34,37,38)(H,35,39,40). The van der Waals surface area contributed by atoms with Gasteiger partial charge in [0, 0.05) is 35.3 Å². The number of H-pyrrole nitrogens is 2. The van der Waals surface area contributed by atoms with Crippen molar-refractivity contribution < 1.29 is 9.18 Å². The largest absolute Gasteiger partial charge is 0.324 e. The number of nitrogens with zero attached hydrogens (tertiary/aromatic N) is 5. The minimum Gasteiger partial charge on any atom is -0.324 e. The summed E-state index contributed by atoms with van der Waals surface area (Å²) in [5, 5.41) is 11.1. The third-order valence-electron chi connectivity index (χ3n) is 6.72. The van der Waals surface area contributed by atoms with Gasteiger partial charge >= 0.3 is 0 Å². The average Bonchev–Trinajstić information content (AvgIpc) is 3.61. The van der Waals surface area contributed by atoms with Gasteiger partial charge in [-0.25, -0.2) is 19.3 Å². The lowest BCUT2D eigenvalue weighted by Gasteiger charge is -2.07. The molecule has 0 unspecified atom stereocenters. The molecule has 0 atom stereocenters. The number of benzene rings is 2. The number of nitrogens with one attached hydrogen (secondary N) is 3. The summed E-state index contributed by atoms with van der Waals surface area (Å²) in [4.78, 5) is 33.9. The van der Waals surface area contributed by atoms with E-state index in [0.717, 1.165) is 27.6 Å². The first-order valence-electron chi connectivity index (χ1n) is 12.8. The molecule has 9 nitrogen and oxygen atoms in total. The molecule has 0 spiro atoms. The smallest absolute Gasteiger partial charge is 0.228 e. The van der Waals surface area contributed by atoms with Crippen molar-refractivity contribution in [1.82, 2.24) is 35.1 Å². The second kappa shape index (κ2) is 10.1. The molecule has 5 aromatic heterocycles. The molecule has 1 amide bonds. The van der Waals surface area contributed by atoms with E-state index in [0.29, 0.717) is 39.6 Å². The maximum atomic E-state index is 13.9. The molecule has 3 N–H and O–H groups in total. The summed E-state index contributed by atoms with van der Waals surface area (Å²) in [6, 6.07) is 21.5. The number of fused-ring (bicyclic) bond motifs is 2. The van der Waals surface area contributed by atoms with Crippen molar-refractivity contribution in [2.45, 2.75) is 6.42 Å². The third-order valence-corrected chi connectivity index (χ3v) is 6.72. The summed E-state index contributed by atoms with van der Waals surface area (Å²) >= 11 is 0. The van der Waals surface area contributed by atoms with Crippen LogP contribution in [0.4, 0.5) is 10.1 Å². The molecule has 10 heteroatoms. The number of halogens is 1. The average molecular weight is 541 g/mol. The van der Waals surface area contributed by atoms with E-state index in [4.69, 9.17) is 4.98 Å². The first kappa shape index (κ1) is 24.3. The molecule has 0 saturated heterocycles. The van der Waals surface area contributed by atoms with Crippen molar-refractivity contribution in [3.63, 3.8) is 0 Å². The second-order valence-corrected chi connectivity index (χ2v) is 9.52. The van der Waals surface area contributed by atoms with Gasteiger partial charge in [0.25, 0.3) is 0 Å². The van der Waals surface area contributed by atoms with Crippen LogP contribution in [0.25, 0.3) is 56.0 Å². The lowest BCUT2D eigenvalue weighted by Crippen LogP contribution is -2.14. The molecule has 0 fully saturated rings. The lowest BCUT2D eigenvalue weighted by atomic mass is 10.1. The van der Waals surface area contributed by atoms with Gasteiger partial charge in [0.2, 0.25) is 5.91 Å². The molecule has 41 heavy (non-hydrogen) atoms. The molecule has 2 aromatic carbocycles. The van der Waals surface area contributed by atoms with E-state index in [1.165, 1.54) is 12.1 Å². The highest BCUT2D eigenvalue weighted by atomic mass is 19.1. The van der Waals surface area contributed by atoms with Crippen molar-refractivity contribution in [3.8, 4) is 33.8 Å². The predicted molar refractivity (Wildman–Crippen MR) is 154 cm³/mol. The van der Waals surface area contributed by atoms with Gasteiger partial charge in [0.05, 0.1) is 23.7 Å². The molecular formula is C31H21FN8O. The molecule has 0 saturated carbocycles. The van der Waals surface area contributed by atoms with E-state index in [1.807, 2.05) is 54.6 Å². The summed E-state index contributed by atoms with van der Waals surface area (Å²) in [5.74, 6) is 0.0491. The summed E-state index contributed by atoms with van der Waals surface area (Å²) in [7, 11) is 0. The quantitative estimate of drug-likeness (QED) is 0.240. The lowest BCUT2D eigenvalue weighted by molar-refractivity contribution is -0.115. The van der Waals surface area contributed by atoms with E-state index in [9.17, 15) is 9.18 Å². The summed E-state index contributed by atoms with van der Waals surface area (Å²) in [6.45, 7) is 0. The van der Waals surface area contributed by atoms with E-state index in [1.54, 1.807) is 30.9 Å². The predicted octanol–water partition coefficient (Wildman–Crippen LogP) is 5.95. The van der Waals surface area contributed by atoms with Gasteiger partial charge in [-0.15, -0.1) is 0 Å². The summed E-state index contributed by atoms with van der Waals surface area (Å²) in [6.07, 6.45) is 6.97. The van der Waals surface area contributed by atoms with Gasteiger partial charge in [0.15, 0.2) is 17.1 Å². The van der Waals surface area contributed by atoms with Crippen LogP contribution in [0, 0.1) is 5.82 Å². The topological polar surface area (TPSA) is 125 Å². The Morgan fingerprint density at radius 2 is 1.73 bits per heavy atom. The molecular weight excluding hydrogens is 519 g/mol. The van der Waals surface area contributed by atoms with Crippen LogP contribution in [0.1, 0.15) is 5.56 Å². The number of rotatable bonds is 6. The fourth-order valence-corrected chi connectivity index (χ4v) is 4.81. The molecule has 0 radical (unpaired) electrons. The molecule has 5 heterocycles. The second-order valence-electron chi connectivity index (χ2n) is 9.52. The highest BCUT2D eigenvalue weighted by molar-refractivity contribution is 5.96. The maximum absolute atomic E-state index is 13.9. The van der Waals surface area contributed by atoms with E-state index < -0.39 is 0 Å². The van der Waals surface area contributed by atoms with Gasteiger partial charge in [-0.1, -0.05) is 42.5 Å². The van der Waals surface area contributed by atoms with Gasteiger partial charge < -0.3 is 10.3 Å². The number of pyridine rings is 3. The van der Waals surface area contributed by atoms with Crippen LogP contribution >= 0.6 is 0 Å².